The van der Waals surface area contributed by atoms with E-state index in [1.807, 2.05) is 23.5 Å². The van der Waals surface area contributed by atoms with Crippen LogP contribution in [0.4, 0.5) is 0 Å². The lowest BCUT2D eigenvalue weighted by Crippen LogP contribution is -1.82. The van der Waals surface area contributed by atoms with Crippen LogP contribution < -0.4 is 0 Å². The molecule has 0 amide bonds. The number of fused-ring (bicyclic) bond motifs is 12. The lowest BCUT2D eigenvalue weighted by atomic mass is 10.0. The van der Waals surface area contributed by atoms with Crippen molar-refractivity contribution in [1.82, 2.24) is 4.40 Å². The van der Waals surface area contributed by atoms with E-state index in [0.29, 0.717) is 0 Å². The van der Waals surface area contributed by atoms with E-state index in [9.17, 15) is 0 Å². The summed E-state index contributed by atoms with van der Waals surface area (Å²) >= 11 is 1.88. The van der Waals surface area contributed by atoms with Gasteiger partial charge in [-0.2, -0.15) is 0 Å². The van der Waals surface area contributed by atoms with Gasteiger partial charge in [-0.25, -0.2) is 0 Å². The van der Waals surface area contributed by atoms with Gasteiger partial charge in [0.15, 0.2) is 0 Å². The minimum atomic E-state index is 0.911. The lowest BCUT2D eigenvalue weighted by molar-refractivity contribution is 0.668. The van der Waals surface area contributed by atoms with Crippen molar-refractivity contribution in [3.63, 3.8) is 0 Å². The third-order valence-corrected chi connectivity index (χ3v) is 10.6. The standard InChI is InChI=1S/C40H21NO2S/c1-4-17-29-22(10-1)23-13-7-14-26-36-38(41(29)37(23)26)40(28-16-9-21-33-35(28)25-12-3-6-19-31(25)43-33)44-39(36)27-15-8-20-32-34(27)24-11-2-5-18-30(24)42-32/h1-21H. The summed E-state index contributed by atoms with van der Waals surface area (Å²) in [5.41, 5.74) is 9.81. The van der Waals surface area contributed by atoms with Crippen LogP contribution in [0, 0.1) is 0 Å². The van der Waals surface area contributed by atoms with Gasteiger partial charge in [-0.3, -0.25) is 0 Å². The fourth-order valence-electron chi connectivity index (χ4n) is 7.64. The van der Waals surface area contributed by atoms with E-state index in [1.54, 1.807) is 0 Å². The largest absolute Gasteiger partial charge is 0.456 e. The predicted molar refractivity (Wildman–Crippen MR) is 184 cm³/mol. The minimum Gasteiger partial charge on any atom is -0.456 e. The zero-order chi connectivity index (χ0) is 28.5. The SMILES string of the molecule is c1ccc2c(c1)oc1cccc(-c3sc(-c4cccc5oc6ccccc6c45)c4c3c3cccc5c6ccccc6n4c53)c12. The van der Waals surface area contributed by atoms with Gasteiger partial charge in [0.05, 0.1) is 21.4 Å². The third kappa shape index (κ3) is 2.73. The number of benzene rings is 6. The van der Waals surface area contributed by atoms with Gasteiger partial charge in [0, 0.05) is 59.1 Å². The van der Waals surface area contributed by atoms with E-state index in [-0.39, 0.29) is 0 Å². The molecule has 5 aromatic heterocycles. The molecular weight excluding hydrogens is 559 g/mol. The van der Waals surface area contributed by atoms with E-state index in [4.69, 9.17) is 8.83 Å². The highest BCUT2D eigenvalue weighted by Gasteiger charge is 2.28. The lowest BCUT2D eigenvalue weighted by Gasteiger charge is -2.04. The van der Waals surface area contributed by atoms with Crippen molar-refractivity contribution >= 4 is 93.3 Å². The molecule has 3 nitrogen and oxygen atoms in total. The summed E-state index contributed by atoms with van der Waals surface area (Å²) in [7, 11) is 0. The summed E-state index contributed by atoms with van der Waals surface area (Å²) in [5, 5.41) is 9.75. The zero-order valence-corrected chi connectivity index (χ0v) is 24.1. The third-order valence-electron chi connectivity index (χ3n) is 9.37. The van der Waals surface area contributed by atoms with Crippen LogP contribution in [0.15, 0.2) is 136 Å². The molecule has 204 valence electrons. The average Bonchev–Trinajstić information content (AvgIpc) is 3.87. The van der Waals surface area contributed by atoms with E-state index >= 15 is 0 Å². The Hall–Kier alpha value is -5.58. The monoisotopic (exact) mass is 579 g/mol. The van der Waals surface area contributed by atoms with Gasteiger partial charge in [-0.1, -0.05) is 97.1 Å². The molecule has 0 saturated carbocycles. The first-order chi connectivity index (χ1) is 21.8. The number of furan rings is 2. The van der Waals surface area contributed by atoms with Gasteiger partial charge < -0.3 is 13.2 Å². The van der Waals surface area contributed by atoms with Crippen LogP contribution >= 0.6 is 11.3 Å². The second-order valence-corrected chi connectivity index (χ2v) is 12.6. The molecule has 11 rings (SSSR count). The molecule has 0 fully saturated rings. The van der Waals surface area contributed by atoms with Gasteiger partial charge in [0.1, 0.15) is 22.3 Å². The van der Waals surface area contributed by atoms with Gasteiger partial charge >= 0.3 is 0 Å². The maximum Gasteiger partial charge on any atom is 0.136 e. The summed E-state index contributed by atoms with van der Waals surface area (Å²) in [6.45, 7) is 0. The highest BCUT2D eigenvalue weighted by Crippen LogP contribution is 2.54. The molecule has 0 aliphatic rings. The maximum absolute atomic E-state index is 6.38. The molecule has 0 atom stereocenters. The van der Waals surface area contributed by atoms with Gasteiger partial charge in [0.2, 0.25) is 0 Å². The van der Waals surface area contributed by atoms with Crippen LogP contribution in [-0.2, 0) is 0 Å². The van der Waals surface area contributed by atoms with Crippen LogP contribution in [0.5, 0.6) is 0 Å². The molecule has 0 radical (unpaired) electrons. The number of para-hydroxylation sites is 4. The Balaban J connectivity index is 1.39. The number of hydrogen-bond donors (Lipinski definition) is 0. The van der Waals surface area contributed by atoms with Crippen LogP contribution in [0.1, 0.15) is 0 Å². The highest BCUT2D eigenvalue weighted by molar-refractivity contribution is 7.21. The molecule has 0 unspecified atom stereocenters. The molecule has 44 heavy (non-hydrogen) atoms. The quantitative estimate of drug-likeness (QED) is 0.204. The predicted octanol–water partition coefficient (Wildman–Crippen LogP) is 12.0. The summed E-state index contributed by atoms with van der Waals surface area (Å²) in [6.07, 6.45) is 0. The molecule has 0 saturated heterocycles. The highest BCUT2D eigenvalue weighted by atomic mass is 32.1. The molecule has 5 heterocycles. The molecule has 6 aromatic carbocycles. The topological polar surface area (TPSA) is 30.7 Å². The van der Waals surface area contributed by atoms with Crippen molar-refractivity contribution in [2.75, 3.05) is 0 Å². The second-order valence-electron chi connectivity index (χ2n) is 11.6. The molecule has 0 N–H and O–H groups in total. The van der Waals surface area contributed by atoms with Crippen LogP contribution in [0.3, 0.4) is 0 Å². The summed E-state index contributed by atoms with van der Waals surface area (Å²) in [4.78, 5) is 2.51. The van der Waals surface area contributed by atoms with Crippen molar-refractivity contribution in [2.24, 2.45) is 0 Å². The Morgan fingerprint density at radius 2 is 0.909 bits per heavy atom. The van der Waals surface area contributed by atoms with Crippen molar-refractivity contribution in [2.45, 2.75) is 0 Å². The smallest absolute Gasteiger partial charge is 0.136 e. The Morgan fingerprint density at radius 3 is 1.61 bits per heavy atom. The van der Waals surface area contributed by atoms with Crippen LogP contribution in [0.2, 0.25) is 0 Å². The van der Waals surface area contributed by atoms with Crippen molar-refractivity contribution < 1.29 is 8.83 Å². The van der Waals surface area contributed by atoms with E-state index in [2.05, 4.69) is 120 Å². The van der Waals surface area contributed by atoms with Crippen molar-refractivity contribution in [3.05, 3.63) is 127 Å². The second kappa shape index (κ2) is 8.07. The molecule has 4 heteroatoms. The Kier molecular flexibility index (Phi) is 4.21. The minimum absolute atomic E-state index is 0.911. The first kappa shape index (κ1) is 22.9. The first-order valence-corrected chi connectivity index (χ1v) is 15.7. The van der Waals surface area contributed by atoms with Crippen molar-refractivity contribution in [3.8, 4) is 20.9 Å². The molecule has 0 bridgehead atoms. The number of hydrogen-bond acceptors (Lipinski definition) is 3. The Morgan fingerprint density at radius 1 is 0.386 bits per heavy atom. The summed E-state index contributed by atoms with van der Waals surface area (Å²) in [5.74, 6) is 0. The Bertz CT molecular complexity index is 2950. The molecule has 0 aliphatic carbocycles. The normalized spacial score (nSPS) is 12.5. The fraction of sp³-hybridized carbons (Fsp3) is 0. The molecule has 0 aliphatic heterocycles. The number of rotatable bonds is 2. The number of nitrogens with zero attached hydrogens (tertiary/aromatic N) is 1. The van der Waals surface area contributed by atoms with Gasteiger partial charge in [0.25, 0.3) is 0 Å². The summed E-state index contributed by atoms with van der Waals surface area (Å²) < 4.78 is 15.3. The van der Waals surface area contributed by atoms with Crippen molar-refractivity contribution in [1.29, 1.82) is 0 Å². The van der Waals surface area contributed by atoms with Crippen LogP contribution in [-0.4, -0.2) is 4.40 Å². The fourth-order valence-corrected chi connectivity index (χ4v) is 9.00. The molecule has 0 spiro atoms. The van der Waals surface area contributed by atoms with Crippen LogP contribution in [0.25, 0.3) is 103 Å². The number of aromatic nitrogens is 1. The van der Waals surface area contributed by atoms with E-state index in [0.717, 1.165) is 38.5 Å². The zero-order valence-electron chi connectivity index (χ0n) is 23.3. The Labute approximate surface area is 254 Å². The average molecular weight is 580 g/mol. The first-order valence-electron chi connectivity index (χ1n) is 14.9. The maximum atomic E-state index is 6.38. The molecular formula is C40H21NO2S. The molecule has 11 aromatic rings. The summed E-state index contributed by atoms with van der Waals surface area (Å²) in [6, 6.07) is 45.3. The van der Waals surface area contributed by atoms with E-state index < -0.39 is 0 Å². The van der Waals surface area contributed by atoms with E-state index in [1.165, 1.54) is 64.4 Å². The number of thiophene rings is 1. The van der Waals surface area contributed by atoms with Gasteiger partial charge in [-0.15, -0.1) is 11.3 Å². The van der Waals surface area contributed by atoms with Gasteiger partial charge in [-0.05, 0) is 30.3 Å².